The summed E-state index contributed by atoms with van der Waals surface area (Å²) in [6, 6.07) is 6.63. The van der Waals surface area contributed by atoms with Crippen LogP contribution in [-0.2, 0) is 13.0 Å². The number of aromatic nitrogens is 2. The summed E-state index contributed by atoms with van der Waals surface area (Å²) in [7, 11) is 0. The molecule has 2 N–H and O–H groups in total. The minimum Gasteiger partial charge on any atom is -0.454 e. The average Bonchev–Trinajstić information content (AvgIpc) is 3.11. The highest BCUT2D eigenvalue weighted by molar-refractivity contribution is 5.44. The summed E-state index contributed by atoms with van der Waals surface area (Å²) < 4.78 is 10.7. The van der Waals surface area contributed by atoms with Gasteiger partial charge in [-0.25, -0.2) is 0 Å². The predicted octanol–water partition coefficient (Wildman–Crippen LogP) is 2.56. The molecule has 2 heterocycles. The number of aromatic amines is 1. The first-order valence-corrected chi connectivity index (χ1v) is 7.33. The minimum atomic E-state index is 0.334. The molecule has 3 rings (SSSR count). The molecule has 5 heteroatoms. The Morgan fingerprint density at radius 1 is 1.33 bits per heavy atom. The fourth-order valence-electron chi connectivity index (χ4n) is 2.42. The third-order valence-corrected chi connectivity index (χ3v) is 3.88. The standard InChI is InChI=1S/C16H21N3O2/c1-11(17-8-14-9-18-19-12(14)2)3-4-13-5-6-15-16(7-13)21-10-20-15/h5-7,9,11,17H,3-4,8,10H2,1-2H3,(H,18,19). The van der Waals surface area contributed by atoms with Gasteiger partial charge in [-0.15, -0.1) is 0 Å². The Balaban J connectivity index is 1.47. The van der Waals surface area contributed by atoms with Crippen molar-refractivity contribution >= 4 is 0 Å². The van der Waals surface area contributed by atoms with Gasteiger partial charge in [0, 0.05) is 23.8 Å². The van der Waals surface area contributed by atoms with Crippen LogP contribution in [0.25, 0.3) is 0 Å². The number of nitrogens with zero attached hydrogens (tertiary/aromatic N) is 1. The first-order valence-electron chi connectivity index (χ1n) is 7.33. The lowest BCUT2D eigenvalue weighted by molar-refractivity contribution is 0.174. The molecule has 0 fully saturated rings. The van der Waals surface area contributed by atoms with Crippen molar-refractivity contribution in [1.82, 2.24) is 15.5 Å². The molecule has 0 bridgehead atoms. The highest BCUT2D eigenvalue weighted by Gasteiger charge is 2.13. The van der Waals surface area contributed by atoms with Gasteiger partial charge in [-0.2, -0.15) is 5.10 Å². The van der Waals surface area contributed by atoms with Crippen molar-refractivity contribution in [1.29, 1.82) is 0 Å². The Morgan fingerprint density at radius 2 is 2.19 bits per heavy atom. The van der Waals surface area contributed by atoms with Gasteiger partial charge in [-0.3, -0.25) is 5.10 Å². The van der Waals surface area contributed by atoms with Gasteiger partial charge < -0.3 is 14.8 Å². The molecule has 21 heavy (non-hydrogen) atoms. The highest BCUT2D eigenvalue weighted by atomic mass is 16.7. The number of benzene rings is 1. The maximum atomic E-state index is 5.41. The smallest absolute Gasteiger partial charge is 0.231 e. The Labute approximate surface area is 124 Å². The molecule has 1 aliphatic rings. The maximum Gasteiger partial charge on any atom is 0.231 e. The van der Waals surface area contributed by atoms with Crippen LogP contribution in [0.2, 0.25) is 0 Å². The zero-order valence-electron chi connectivity index (χ0n) is 12.5. The summed E-state index contributed by atoms with van der Waals surface area (Å²) in [4.78, 5) is 0. The molecular weight excluding hydrogens is 266 g/mol. The van der Waals surface area contributed by atoms with Crippen molar-refractivity contribution in [3.63, 3.8) is 0 Å². The average molecular weight is 287 g/mol. The topological polar surface area (TPSA) is 59.2 Å². The summed E-state index contributed by atoms with van der Waals surface area (Å²) in [6.07, 6.45) is 3.98. The van der Waals surface area contributed by atoms with E-state index in [1.54, 1.807) is 0 Å². The SMILES string of the molecule is Cc1[nH]ncc1CNC(C)CCc1ccc2c(c1)OCO2. The zero-order valence-corrected chi connectivity index (χ0v) is 12.5. The predicted molar refractivity (Wildman–Crippen MR) is 80.5 cm³/mol. The first-order chi connectivity index (χ1) is 10.2. The molecule has 1 atom stereocenters. The van der Waals surface area contributed by atoms with E-state index in [9.17, 15) is 0 Å². The molecule has 112 valence electrons. The van der Waals surface area contributed by atoms with Crippen molar-refractivity contribution in [2.75, 3.05) is 6.79 Å². The molecule has 0 radical (unpaired) electrons. The number of rotatable bonds is 6. The molecule has 0 saturated carbocycles. The second-order valence-corrected chi connectivity index (χ2v) is 5.53. The van der Waals surface area contributed by atoms with Gasteiger partial charge in [0.05, 0.1) is 6.20 Å². The van der Waals surface area contributed by atoms with Crippen LogP contribution in [0.1, 0.15) is 30.2 Å². The van der Waals surface area contributed by atoms with Crippen molar-refractivity contribution in [2.24, 2.45) is 0 Å². The molecule has 2 aromatic rings. The highest BCUT2D eigenvalue weighted by Crippen LogP contribution is 2.32. The maximum absolute atomic E-state index is 5.41. The molecule has 1 aromatic carbocycles. The van der Waals surface area contributed by atoms with E-state index in [1.165, 1.54) is 11.1 Å². The van der Waals surface area contributed by atoms with E-state index in [0.29, 0.717) is 12.8 Å². The number of fused-ring (bicyclic) bond motifs is 1. The van der Waals surface area contributed by atoms with Gasteiger partial charge in [-0.1, -0.05) is 6.07 Å². The third-order valence-electron chi connectivity index (χ3n) is 3.88. The monoisotopic (exact) mass is 287 g/mol. The molecule has 1 aliphatic heterocycles. The van der Waals surface area contributed by atoms with E-state index in [-0.39, 0.29) is 0 Å². The van der Waals surface area contributed by atoms with Gasteiger partial charge in [0.2, 0.25) is 6.79 Å². The Morgan fingerprint density at radius 3 is 3.00 bits per heavy atom. The molecular formula is C16H21N3O2. The summed E-state index contributed by atoms with van der Waals surface area (Å²) in [6.45, 7) is 5.44. The molecule has 1 unspecified atom stereocenters. The van der Waals surface area contributed by atoms with Crippen molar-refractivity contribution in [3.8, 4) is 11.5 Å². The molecule has 1 aromatic heterocycles. The lowest BCUT2D eigenvalue weighted by Crippen LogP contribution is -2.26. The summed E-state index contributed by atoms with van der Waals surface area (Å²) in [5, 5.41) is 10.5. The Bertz CT molecular complexity index is 609. The van der Waals surface area contributed by atoms with Gasteiger partial charge in [0.25, 0.3) is 0 Å². The van der Waals surface area contributed by atoms with Crippen molar-refractivity contribution in [2.45, 2.75) is 39.3 Å². The minimum absolute atomic E-state index is 0.334. The number of hydrogen-bond donors (Lipinski definition) is 2. The van der Waals surface area contributed by atoms with E-state index in [4.69, 9.17) is 9.47 Å². The summed E-state index contributed by atoms with van der Waals surface area (Å²) >= 11 is 0. The summed E-state index contributed by atoms with van der Waals surface area (Å²) in [5.41, 5.74) is 3.64. The largest absolute Gasteiger partial charge is 0.454 e. The normalized spacial score (nSPS) is 14.4. The Hall–Kier alpha value is -2.01. The van der Waals surface area contributed by atoms with Crippen molar-refractivity contribution in [3.05, 3.63) is 41.2 Å². The Kier molecular flexibility index (Phi) is 4.10. The van der Waals surface area contributed by atoms with Crippen LogP contribution in [-0.4, -0.2) is 23.0 Å². The van der Waals surface area contributed by atoms with Gasteiger partial charge in [-0.05, 0) is 44.4 Å². The fraction of sp³-hybridized carbons (Fsp3) is 0.438. The quantitative estimate of drug-likeness (QED) is 0.857. The second kappa shape index (κ2) is 6.18. The third kappa shape index (κ3) is 3.36. The number of H-pyrrole nitrogens is 1. The van der Waals surface area contributed by atoms with E-state index in [2.05, 4.69) is 34.6 Å². The first kappa shape index (κ1) is 13.9. The van der Waals surface area contributed by atoms with Gasteiger partial charge in [0.15, 0.2) is 11.5 Å². The van der Waals surface area contributed by atoms with E-state index in [0.717, 1.165) is 36.6 Å². The summed E-state index contributed by atoms with van der Waals surface area (Å²) in [5.74, 6) is 1.71. The van der Waals surface area contributed by atoms with Crippen LogP contribution < -0.4 is 14.8 Å². The molecule has 0 spiro atoms. The van der Waals surface area contributed by atoms with E-state index in [1.807, 2.05) is 19.2 Å². The number of nitrogens with one attached hydrogen (secondary N) is 2. The second-order valence-electron chi connectivity index (χ2n) is 5.53. The molecule has 0 saturated heterocycles. The number of ether oxygens (including phenoxy) is 2. The van der Waals surface area contributed by atoms with Crippen LogP contribution in [0.15, 0.2) is 24.4 Å². The van der Waals surface area contributed by atoms with Crippen LogP contribution in [0.3, 0.4) is 0 Å². The van der Waals surface area contributed by atoms with Gasteiger partial charge >= 0.3 is 0 Å². The van der Waals surface area contributed by atoms with Crippen molar-refractivity contribution < 1.29 is 9.47 Å². The van der Waals surface area contributed by atoms with Crippen LogP contribution in [0, 0.1) is 6.92 Å². The van der Waals surface area contributed by atoms with Crippen LogP contribution in [0.5, 0.6) is 11.5 Å². The molecule has 0 amide bonds. The number of aryl methyl sites for hydroxylation is 2. The zero-order chi connectivity index (χ0) is 14.7. The van der Waals surface area contributed by atoms with E-state index >= 15 is 0 Å². The number of hydrogen-bond acceptors (Lipinski definition) is 4. The molecule has 5 nitrogen and oxygen atoms in total. The lowest BCUT2D eigenvalue weighted by Gasteiger charge is -2.13. The van der Waals surface area contributed by atoms with Crippen LogP contribution in [0.4, 0.5) is 0 Å². The van der Waals surface area contributed by atoms with Gasteiger partial charge in [0.1, 0.15) is 0 Å². The molecule has 0 aliphatic carbocycles. The fourth-order valence-corrected chi connectivity index (χ4v) is 2.42. The van der Waals surface area contributed by atoms with Crippen LogP contribution >= 0.6 is 0 Å². The lowest BCUT2D eigenvalue weighted by atomic mass is 10.1. The van der Waals surface area contributed by atoms with E-state index < -0.39 is 0 Å².